The lowest BCUT2D eigenvalue weighted by Crippen LogP contribution is -2.37. The second-order valence-electron chi connectivity index (χ2n) is 5.89. The molecular formula is C16H24ClNO. The molecule has 2 nitrogen and oxygen atoms in total. The number of aliphatic hydroxyl groups excluding tert-OH is 1. The fourth-order valence-electron chi connectivity index (χ4n) is 3.04. The third kappa shape index (κ3) is 3.31. The van der Waals surface area contributed by atoms with Gasteiger partial charge in [0.15, 0.2) is 0 Å². The number of benzene rings is 1. The van der Waals surface area contributed by atoms with Crippen molar-refractivity contribution in [2.24, 2.45) is 5.92 Å². The van der Waals surface area contributed by atoms with Crippen LogP contribution in [0.25, 0.3) is 0 Å². The minimum Gasteiger partial charge on any atom is -0.378 e. The largest absolute Gasteiger partial charge is 0.378 e. The smallest absolute Gasteiger partial charge is 0.107 e. The van der Waals surface area contributed by atoms with Crippen molar-refractivity contribution in [3.63, 3.8) is 0 Å². The molecule has 0 saturated heterocycles. The Balaban J connectivity index is 2.01. The lowest BCUT2D eigenvalue weighted by Gasteiger charge is -2.43. The summed E-state index contributed by atoms with van der Waals surface area (Å²) >= 11 is 5.97. The molecule has 0 aromatic heterocycles. The van der Waals surface area contributed by atoms with Gasteiger partial charge in [0.2, 0.25) is 0 Å². The summed E-state index contributed by atoms with van der Waals surface area (Å²) in [5.41, 5.74) is 1.74. The van der Waals surface area contributed by atoms with Crippen LogP contribution in [0.5, 0.6) is 0 Å². The quantitative estimate of drug-likeness (QED) is 0.779. The van der Waals surface area contributed by atoms with Crippen molar-refractivity contribution >= 4 is 11.6 Å². The van der Waals surface area contributed by atoms with E-state index in [1.54, 1.807) is 7.05 Å². The third-order valence-electron chi connectivity index (χ3n) is 4.68. The first-order valence-electron chi connectivity index (χ1n) is 7.19. The van der Waals surface area contributed by atoms with Gasteiger partial charge in [-0.15, -0.1) is 0 Å². The Morgan fingerprint density at radius 3 is 2.42 bits per heavy atom. The molecule has 1 aliphatic carbocycles. The van der Waals surface area contributed by atoms with Crippen LogP contribution in [-0.4, -0.2) is 18.4 Å². The molecule has 3 heteroatoms. The average molecular weight is 282 g/mol. The SMILES string of the molecule is CN[C@@H](O)[C@@H](C)CCC1(c2ccc(Cl)cc2)CCC1. The first-order valence-corrected chi connectivity index (χ1v) is 7.56. The summed E-state index contributed by atoms with van der Waals surface area (Å²) in [6.07, 6.45) is 5.63. The summed E-state index contributed by atoms with van der Waals surface area (Å²) in [6, 6.07) is 8.31. The van der Waals surface area contributed by atoms with E-state index in [1.165, 1.54) is 24.8 Å². The summed E-state index contributed by atoms with van der Waals surface area (Å²) < 4.78 is 0. The van der Waals surface area contributed by atoms with Crippen LogP contribution < -0.4 is 5.32 Å². The number of halogens is 1. The minimum atomic E-state index is -0.401. The Labute approximate surface area is 121 Å². The van der Waals surface area contributed by atoms with Crippen LogP contribution in [0.3, 0.4) is 0 Å². The van der Waals surface area contributed by atoms with E-state index in [1.807, 2.05) is 12.1 Å². The molecule has 2 N–H and O–H groups in total. The summed E-state index contributed by atoms with van der Waals surface area (Å²) in [7, 11) is 1.81. The Morgan fingerprint density at radius 2 is 1.95 bits per heavy atom. The van der Waals surface area contributed by atoms with Crippen molar-refractivity contribution in [2.45, 2.75) is 50.7 Å². The molecule has 0 aliphatic heterocycles. The molecule has 1 aromatic rings. The van der Waals surface area contributed by atoms with E-state index in [9.17, 15) is 5.11 Å². The zero-order chi connectivity index (χ0) is 13.9. The van der Waals surface area contributed by atoms with E-state index in [4.69, 9.17) is 11.6 Å². The molecule has 0 unspecified atom stereocenters. The zero-order valence-corrected chi connectivity index (χ0v) is 12.6. The molecule has 0 heterocycles. The Bertz CT molecular complexity index is 400. The van der Waals surface area contributed by atoms with Gasteiger partial charge in [-0.05, 0) is 61.8 Å². The van der Waals surface area contributed by atoms with Gasteiger partial charge in [-0.3, -0.25) is 5.32 Å². The first kappa shape index (κ1) is 14.8. The highest BCUT2D eigenvalue weighted by Gasteiger charge is 2.38. The third-order valence-corrected chi connectivity index (χ3v) is 4.93. The lowest BCUT2D eigenvalue weighted by atomic mass is 9.61. The standard InChI is InChI=1S/C16H24ClNO/c1-12(15(19)18-2)8-11-16(9-3-10-16)13-4-6-14(17)7-5-13/h4-7,12,15,18-19H,3,8-11H2,1-2H3/t12-,15-/m0/s1. The molecule has 1 aliphatic rings. The highest BCUT2D eigenvalue weighted by molar-refractivity contribution is 6.30. The second-order valence-corrected chi connectivity index (χ2v) is 6.33. The van der Waals surface area contributed by atoms with Crippen molar-refractivity contribution in [3.8, 4) is 0 Å². The molecule has 0 radical (unpaired) electrons. The molecule has 106 valence electrons. The normalized spacial score (nSPS) is 20.6. The first-order chi connectivity index (χ1) is 9.07. The highest BCUT2D eigenvalue weighted by Crippen LogP contribution is 2.48. The van der Waals surface area contributed by atoms with Gasteiger partial charge < -0.3 is 5.11 Å². The van der Waals surface area contributed by atoms with Gasteiger partial charge in [0.25, 0.3) is 0 Å². The van der Waals surface area contributed by atoms with Gasteiger partial charge in [-0.1, -0.05) is 37.1 Å². The van der Waals surface area contributed by atoms with Gasteiger partial charge in [-0.2, -0.15) is 0 Å². The molecule has 1 fully saturated rings. The maximum Gasteiger partial charge on any atom is 0.107 e. The highest BCUT2D eigenvalue weighted by atomic mass is 35.5. The molecule has 0 amide bonds. The fourth-order valence-corrected chi connectivity index (χ4v) is 3.16. The number of nitrogens with one attached hydrogen (secondary N) is 1. The van der Waals surface area contributed by atoms with Crippen LogP contribution in [0.1, 0.15) is 44.6 Å². The van der Waals surface area contributed by atoms with Gasteiger partial charge >= 0.3 is 0 Å². The van der Waals surface area contributed by atoms with Crippen LogP contribution in [0, 0.1) is 5.92 Å². The van der Waals surface area contributed by atoms with E-state index in [-0.39, 0.29) is 5.92 Å². The molecule has 0 spiro atoms. The molecule has 2 atom stereocenters. The molecule has 1 aromatic carbocycles. The molecule has 1 saturated carbocycles. The van der Waals surface area contributed by atoms with Crippen molar-refractivity contribution < 1.29 is 5.11 Å². The average Bonchev–Trinajstić information content (AvgIpc) is 2.38. The predicted octanol–water partition coefficient (Wildman–Crippen LogP) is 3.72. The monoisotopic (exact) mass is 281 g/mol. The van der Waals surface area contributed by atoms with E-state index < -0.39 is 6.23 Å². The van der Waals surface area contributed by atoms with Gasteiger partial charge in [0.1, 0.15) is 6.23 Å². The minimum absolute atomic E-state index is 0.287. The van der Waals surface area contributed by atoms with Crippen molar-refractivity contribution in [2.75, 3.05) is 7.05 Å². The Morgan fingerprint density at radius 1 is 1.32 bits per heavy atom. The number of rotatable bonds is 6. The fraction of sp³-hybridized carbons (Fsp3) is 0.625. The van der Waals surface area contributed by atoms with E-state index in [0.29, 0.717) is 5.41 Å². The van der Waals surface area contributed by atoms with Crippen LogP contribution in [0.15, 0.2) is 24.3 Å². The lowest BCUT2D eigenvalue weighted by molar-refractivity contribution is 0.0762. The Kier molecular flexibility index (Phi) is 4.88. The van der Waals surface area contributed by atoms with Gasteiger partial charge in [0.05, 0.1) is 0 Å². The van der Waals surface area contributed by atoms with E-state index in [2.05, 4.69) is 24.4 Å². The number of hydrogen-bond acceptors (Lipinski definition) is 2. The molecule has 19 heavy (non-hydrogen) atoms. The second kappa shape index (κ2) is 6.25. The van der Waals surface area contributed by atoms with Gasteiger partial charge in [-0.25, -0.2) is 0 Å². The Hall–Kier alpha value is -0.570. The maximum absolute atomic E-state index is 9.79. The molecular weight excluding hydrogens is 258 g/mol. The summed E-state index contributed by atoms with van der Waals surface area (Å²) in [6.45, 7) is 2.11. The van der Waals surface area contributed by atoms with Crippen molar-refractivity contribution in [1.82, 2.24) is 5.32 Å². The van der Waals surface area contributed by atoms with Crippen molar-refractivity contribution in [1.29, 1.82) is 0 Å². The van der Waals surface area contributed by atoms with Crippen LogP contribution in [-0.2, 0) is 5.41 Å². The van der Waals surface area contributed by atoms with Crippen molar-refractivity contribution in [3.05, 3.63) is 34.9 Å². The zero-order valence-electron chi connectivity index (χ0n) is 11.8. The molecule has 0 bridgehead atoms. The summed E-state index contributed by atoms with van der Waals surface area (Å²) in [5.74, 6) is 0.287. The number of aliphatic hydroxyl groups is 1. The van der Waals surface area contributed by atoms with E-state index in [0.717, 1.165) is 17.9 Å². The maximum atomic E-state index is 9.79. The molecule has 2 rings (SSSR count). The van der Waals surface area contributed by atoms with Crippen LogP contribution in [0.4, 0.5) is 0 Å². The topological polar surface area (TPSA) is 32.3 Å². The predicted molar refractivity (Wildman–Crippen MR) is 80.4 cm³/mol. The number of hydrogen-bond donors (Lipinski definition) is 2. The van der Waals surface area contributed by atoms with Crippen LogP contribution >= 0.6 is 11.6 Å². The van der Waals surface area contributed by atoms with Gasteiger partial charge in [0, 0.05) is 5.02 Å². The summed E-state index contributed by atoms with van der Waals surface area (Å²) in [5, 5.41) is 13.5. The van der Waals surface area contributed by atoms with Crippen LogP contribution in [0.2, 0.25) is 5.02 Å². The summed E-state index contributed by atoms with van der Waals surface area (Å²) in [4.78, 5) is 0. The van der Waals surface area contributed by atoms with E-state index >= 15 is 0 Å².